The van der Waals surface area contributed by atoms with E-state index in [1.165, 1.54) is 38.5 Å². The number of aryl methyl sites for hydroxylation is 1. The lowest BCUT2D eigenvalue weighted by Gasteiger charge is -2.16. The Morgan fingerprint density at radius 3 is 2.55 bits per heavy atom. The molecule has 0 spiro atoms. The van der Waals surface area contributed by atoms with Gasteiger partial charge in [-0.3, -0.25) is 4.57 Å². The zero-order valence-corrected chi connectivity index (χ0v) is 19.0. The molecule has 1 aliphatic rings. The smallest absolute Gasteiger partial charge is 0.281 e. The minimum Gasteiger partial charge on any atom is -0.617 e. The number of pyridine rings is 1. The van der Waals surface area contributed by atoms with Gasteiger partial charge in [0.05, 0.1) is 12.5 Å². The van der Waals surface area contributed by atoms with E-state index in [2.05, 4.69) is 0 Å². The van der Waals surface area contributed by atoms with Crippen molar-refractivity contribution in [1.29, 1.82) is 0 Å². The summed E-state index contributed by atoms with van der Waals surface area (Å²) < 4.78 is 7.40. The van der Waals surface area contributed by atoms with Crippen molar-refractivity contribution in [3.63, 3.8) is 0 Å². The fourth-order valence-electron chi connectivity index (χ4n) is 4.01. The monoisotopic (exact) mass is 474 g/mol. The van der Waals surface area contributed by atoms with Crippen LogP contribution < -0.4 is 9.47 Å². The van der Waals surface area contributed by atoms with Gasteiger partial charge in [-0.05, 0) is 35.4 Å². The maximum Gasteiger partial charge on any atom is 0.281 e. The molecule has 0 bridgehead atoms. The molecular formula is C22H19ClN2O4S2. The Morgan fingerprint density at radius 2 is 1.87 bits per heavy atom. The van der Waals surface area contributed by atoms with E-state index in [0.717, 1.165) is 44.9 Å². The molecule has 31 heavy (non-hydrogen) atoms. The van der Waals surface area contributed by atoms with Gasteiger partial charge in [-0.1, -0.05) is 35.1 Å². The van der Waals surface area contributed by atoms with Gasteiger partial charge >= 0.3 is 0 Å². The number of nitrogens with zero attached hydrogens (tertiary/aromatic N) is 2. The number of thioether (sulfide) groups is 1. The summed E-state index contributed by atoms with van der Waals surface area (Å²) in [5.74, 6) is 2.34. The van der Waals surface area contributed by atoms with Crippen LogP contribution >= 0.6 is 34.7 Å². The molecule has 2 N–H and O–H groups in total. The number of halogens is 1. The van der Waals surface area contributed by atoms with Crippen LogP contribution in [0.1, 0.15) is 16.1 Å². The average Bonchev–Trinajstić information content (AvgIpc) is 3.32. The lowest BCUT2D eigenvalue weighted by molar-refractivity contribution is -0.583. The SMILES string of the molecule is COc1ccc(-c2c(Cl)c(Cn3c(O)ccc3O)[n+]([O-])c3sc4c(c23)CCSC4)cc1. The van der Waals surface area contributed by atoms with E-state index in [-0.39, 0.29) is 24.0 Å². The van der Waals surface area contributed by atoms with E-state index in [0.29, 0.717) is 9.85 Å². The number of aromatic hydroxyl groups is 2. The third-order valence-corrected chi connectivity index (χ3v) is 8.35. The number of hydrogen-bond acceptors (Lipinski definition) is 6. The van der Waals surface area contributed by atoms with E-state index >= 15 is 0 Å². The van der Waals surface area contributed by atoms with Gasteiger partial charge in [0, 0.05) is 28.3 Å². The molecule has 3 aromatic heterocycles. The molecule has 5 rings (SSSR count). The topological polar surface area (TPSA) is 81.6 Å². The van der Waals surface area contributed by atoms with Crippen molar-refractivity contribution in [2.75, 3.05) is 12.9 Å². The van der Waals surface area contributed by atoms with Crippen molar-refractivity contribution in [3.8, 4) is 28.6 Å². The van der Waals surface area contributed by atoms with Crippen molar-refractivity contribution < 1.29 is 19.7 Å². The number of ether oxygens (including phenoxy) is 1. The second-order valence-electron chi connectivity index (χ2n) is 7.28. The Bertz CT molecular complexity index is 1280. The van der Waals surface area contributed by atoms with Crippen LogP contribution in [0.4, 0.5) is 0 Å². The maximum absolute atomic E-state index is 13.4. The molecule has 0 unspecified atom stereocenters. The molecule has 0 radical (unpaired) electrons. The second kappa shape index (κ2) is 7.85. The van der Waals surface area contributed by atoms with Crippen LogP contribution in [0.2, 0.25) is 5.02 Å². The Balaban J connectivity index is 1.80. The molecule has 0 fully saturated rings. The summed E-state index contributed by atoms with van der Waals surface area (Å²) in [5, 5.41) is 34.9. The van der Waals surface area contributed by atoms with Gasteiger partial charge in [-0.25, -0.2) is 0 Å². The lowest BCUT2D eigenvalue weighted by atomic mass is 9.97. The number of fused-ring (bicyclic) bond motifs is 3. The van der Waals surface area contributed by atoms with Crippen molar-refractivity contribution >= 4 is 44.9 Å². The van der Waals surface area contributed by atoms with Gasteiger partial charge in [0.2, 0.25) is 5.69 Å². The normalized spacial score (nSPS) is 13.5. The van der Waals surface area contributed by atoms with Crippen LogP contribution in [0.15, 0.2) is 36.4 Å². The highest BCUT2D eigenvalue weighted by Crippen LogP contribution is 2.45. The quantitative estimate of drug-likeness (QED) is 0.324. The summed E-state index contributed by atoms with van der Waals surface area (Å²) in [6, 6.07) is 10.4. The molecule has 4 aromatic rings. The molecule has 4 heterocycles. The Morgan fingerprint density at radius 1 is 1.16 bits per heavy atom. The van der Waals surface area contributed by atoms with Crippen molar-refractivity contribution in [2.24, 2.45) is 0 Å². The van der Waals surface area contributed by atoms with Gasteiger partial charge in [-0.15, -0.1) is 0 Å². The number of thiophene rings is 1. The molecule has 0 saturated carbocycles. The number of benzene rings is 1. The van der Waals surface area contributed by atoms with Crippen molar-refractivity contribution in [2.45, 2.75) is 18.7 Å². The van der Waals surface area contributed by atoms with E-state index < -0.39 is 0 Å². The van der Waals surface area contributed by atoms with E-state index in [9.17, 15) is 15.4 Å². The average molecular weight is 475 g/mol. The first-order valence-electron chi connectivity index (χ1n) is 9.67. The molecule has 160 valence electrons. The maximum atomic E-state index is 13.4. The molecule has 0 atom stereocenters. The van der Waals surface area contributed by atoms with Crippen LogP contribution in [0.5, 0.6) is 17.5 Å². The minimum atomic E-state index is -0.137. The molecule has 0 saturated heterocycles. The number of aromatic nitrogens is 2. The van der Waals surface area contributed by atoms with E-state index in [4.69, 9.17) is 16.3 Å². The standard InChI is InChI=1S/C22H19ClN2O4S2/c1-29-13-4-2-12(3-5-13)19-20-14-8-9-30-11-16(14)31-22(20)25(28)15(21(19)23)10-24-17(26)6-7-18(24)27/h2-7,26-27H,8-11H2,1H3. The predicted octanol–water partition coefficient (Wildman–Crippen LogP) is 4.91. The third-order valence-electron chi connectivity index (χ3n) is 5.58. The molecule has 1 aromatic carbocycles. The van der Waals surface area contributed by atoms with Gasteiger partial charge in [0.25, 0.3) is 4.83 Å². The largest absolute Gasteiger partial charge is 0.617 e. The second-order valence-corrected chi connectivity index (χ2v) is 9.85. The molecule has 6 nitrogen and oxygen atoms in total. The molecule has 0 aliphatic carbocycles. The Labute approximate surface area is 191 Å². The van der Waals surface area contributed by atoms with Gasteiger partial charge in [-0.2, -0.15) is 16.5 Å². The summed E-state index contributed by atoms with van der Waals surface area (Å²) in [5.41, 5.74) is 3.15. The Hall–Kier alpha value is -2.55. The molecular weight excluding hydrogens is 456 g/mol. The lowest BCUT2D eigenvalue weighted by Crippen LogP contribution is -2.34. The van der Waals surface area contributed by atoms with Crippen LogP contribution in [0.3, 0.4) is 0 Å². The van der Waals surface area contributed by atoms with Crippen molar-refractivity contribution in [3.05, 3.63) is 62.8 Å². The highest BCUT2D eigenvalue weighted by atomic mass is 35.5. The third kappa shape index (κ3) is 3.30. The summed E-state index contributed by atoms with van der Waals surface area (Å²) >= 11 is 10.3. The first-order valence-corrected chi connectivity index (χ1v) is 12.0. The summed E-state index contributed by atoms with van der Waals surface area (Å²) in [7, 11) is 1.62. The van der Waals surface area contributed by atoms with Crippen LogP contribution in [-0.2, 0) is 18.7 Å². The number of hydrogen-bond donors (Lipinski definition) is 2. The van der Waals surface area contributed by atoms with Gasteiger partial charge in [0.1, 0.15) is 17.3 Å². The summed E-state index contributed by atoms with van der Waals surface area (Å²) in [4.78, 5) is 1.80. The molecule has 1 aliphatic heterocycles. The summed E-state index contributed by atoms with van der Waals surface area (Å²) in [6.07, 6.45) is 0.887. The van der Waals surface area contributed by atoms with Gasteiger partial charge in [0.15, 0.2) is 11.8 Å². The number of rotatable bonds is 4. The molecule has 0 amide bonds. The highest BCUT2D eigenvalue weighted by molar-refractivity contribution is 7.98. The van der Waals surface area contributed by atoms with E-state index in [1.54, 1.807) is 7.11 Å². The fraction of sp³-hybridized carbons (Fsp3) is 0.227. The number of methoxy groups -OCH3 is 1. The zero-order chi connectivity index (χ0) is 21.7. The zero-order valence-electron chi connectivity index (χ0n) is 16.6. The Kier molecular flexibility index (Phi) is 5.16. The van der Waals surface area contributed by atoms with Gasteiger partial charge < -0.3 is 20.2 Å². The fourth-order valence-corrected chi connectivity index (χ4v) is 6.76. The van der Waals surface area contributed by atoms with Crippen LogP contribution in [-0.4, -0.2) is 27.6 Å². The van der Waals surface area contributed by atoms with E-state index in [1.807, 2.05) is 36.0 Å². The van der Waals surface area contributed by atoms with Crippen LogP contribution in [0.25, 0.3) is 21.3 Å². The highest BCUT2D eigenvalue weighted by Gasteiger charge is 2.31. The van der Waals surface area contributed by atoms with Crippen LogP contribution in [0, 0.1) is 5.21 Å². The predicted molar refractivity (Wildman–Crippen MR) is 125 cm³/mol. The molecule has 9 heteroatoms. The van der Waals surface area contributed by atoms with Crippen molar-refractivity contribution in [1.82, 2.24) is 4.57 Å². The first kappa shape index (κ1) is 20.4. The minimum absolute atomic E-state index is 0.0522. The first-order chi connectivity index (χ1) is 15.0. The summed E-state index contributed by atoms with van der Waals surface area (Å²) in [6.45, 7) is -0.0522.